The minimum absolute atomic E-state index is 0.0785. The SMILES string of the molecule is O=C(NC1=CS(=S(=O)=O)C=N1)Oc1c(F)cc(NC2(c3ccccc3)CC2)cc1F. The molecule has 30 heavy (non-hydrogen) atoms. The lowest BCUT2D eigenvalue weighted by molar-refractivity contribution is 0.199. The van der Waals surface area contributed by atoms with Gasteiger partial charge in [0.2, 0.25) is 15.0 Å². The number of rotatable bonds is 5. The second kappa shape index (κ2) is 8.00. The lowest BCUT2D eigenvalue weighted by Gasteiger charge is -2.20. The van der Waals surface area contributed by atoms with Gasteiger partial charge in [0.1, 0.15) is 5.82 Å². The van der Waals surface area contributed by atoms with Gasteiger partial charge in [-0.2, -0.15) is 8.42 Å². The Bertz CT molecular complexity index is 1190. The Labute approximate surface area is 173 Å². The predicted molar refractivity (Wildman–Crippen MR) is 109 cm³/mol. The Morgan fingerprint density at radius 1 is 1.13 bits per heavy atom. The molecule has 1 aliphatic carbocycles. The predicted octanol–water partition coefficient (Wildman–Crippen LogP) is 3.41. The molecule has 156 valence electrons. The quantitative estimate of drug-likeness (QED) is 0.726. The minimum atomic E-state index is -2.41. The average Bonchev–Trinajstić information content (AvgIpc) is 3.33. The maximum atomic E-state index is 14.4. The zero-order valence-corrected chi connectivity index (χ0v) is 16.9. The second-order valence-corrected chi connectivity index (χ2v) is 10.1. The largest absolute Gasteiger partial charge is 0.418 e. The average molecular weight is 451 g/mol. The lowest BCUT2D eigenvalue weighted by Crippen LogP contribution is -2.26. The number of nitrogens with one attached hydrogen (secondary N) is 2. The first kappa shape index (κ1) is 20.2. The van der Waals surface area contributed by atoms with E-state index in [0.29, 0.717) is 0 Å². The van der Waals surface area contributed by atoms with Crippen LogP contribution in [0.15, 0.2) is 58.7 Å². The number of benzene rings is 2. The fourth-order valence-corrected chi connectivity index (χ4v) is 4.63. The number of hydrogen-bond donors (Lipinski definition) is 2. The maximum Gasteiger partial charge on any atom is 0.418 e. The van der Waals surface area contributed by atoms with Crippen LogP contribution in [0.1, 0.15) is 18.4 Å². The van der Waals surface area contributed by atoms with Crippen molar-refractivity contribution >= 4 is 36.0 Å². The molecule has 0 bridgehead atoms. The van der Waals surface area contributed by atoms with E-state index in [0.717, 1.165) is 36.1 Å². The topological polar surface area (TPSA) is 96.9 Å². The van der Waals surface area contributed by atoms with E-state index in [1.807, 2.05) is 30.3 Å². The Kier molecular flexibility index (Phi) is 5.39. The van der Waals surface area contributed by atoms with Crippen molar-refractivity contribution in [3.63, 3.8) is 0 Å². The molecule has 0 saturated heterocycles. The monoisotopic (exact) mass is 451 g/mol. The second-order valence-electron chi connectivity index (χ2n) is 6.63. The summed E-state index contributed by atoms with van der Waals surface area (Å²) in [4.78, 5) is 15.6. The van der Waals surface area contributed by atoms with Crippen LogP contribution in [0.2, 0.25) is 0 Å². The summed E-state index contributed by atoms with van der Waals surface area (Å²) < 4.78 is 55.3. The maximum absolute atomic E-state index is 14.4. The standard InChI is InChI=1S/C19H15F2N3O4S2/c20-14-8-13(24-19(6-7-19)12-4-2-1-3-5-12)9-15(21)17(14)28-18(25)23-16-10-29(11-22-16)30(26)27/h1-5,8-11,24H,6-7H2,(H,23,25). The van der Waals surface area contributed by atoms with Crippen molar-refractivity contribution in [1.29, 1.82) is 0 Å². The molecule has 1 amide bonds. The fraction of sp³-hybridized carbons (Fsp3) is 0.158. The Morgan fingerprint density at radius 3 is 2.37 bits per heavy atom. The normalized spacial score (nSPS) is 18.5. The number of carbonyl (C=O) groups is 1. The number of carbonyl (C=O) groups excluding carboxylic acids is 1. The molecule has 1 heterocycles. The molecule has 0 aromatic heterocycles. The molecule has 2 N–H and O–H groups in total. The number of nitrogens with zero attached hydrogens (tertiary/aromatic N) is 1. The molecule has 2 aromatic rings. The van der Waals surface area contributed by atoms with Gasteiger partial charge in [-0.05, 0) is 18.4 Å². The van der Waals surface area contributed by atoms with E-state index >= 15 is 0 Å². The van der Waals surface area contributed by atoms with Gasteiger partial charge in [0.05, 0.1) is 11.1 Å². The lowest BCUT2D eigenvalue weighted by atomic mass is 10.0. The van der Waals surface area contributed by atoms with Gasteiger partial charge in [0, 0.05) is 32.7 Å². The van der Waals surface area contributed by atoms with Gasteiger partial charge in [-0.1, -0.05) is 30.3 Å². The van der Waals surface area contributed by atoms with Crippen molar-refractivity contribution < 1.29 is 26.7 Å². The van der Waals surface area contributed by atoms with Crippen LogP contribution < -0.4 is 15.4 Å². The summed E-state index contributed by atoms with van der Waals surface area (Å²) in [6.45, 7) is 0. The smallest absolute Gasteiger partial charge is 0.404 e. The summed E-state index contributed by atoms with van der Waals surface area (Å²) in [5, 5.41) is 6.48. The number of hydrogen-bond acceptors (Lipinski definition) is 6. The summed E-state index contributed by atoms with van der Waals surface area (Å²) in [7, 11) is -3.68. The van der Waals surface area contributed by atoms with Gasteiger partial charge in [-0.3, -0.25) is 5.32 Å². The third-order valence-corrected chi connectivity index (χ3v) is 7.14. The van der Waals surface area contributed by atoms with E-state index in [9.17, 15) is 22.0 Å². The summed E-state index contributed by atoms with van der Waals surface area (Å²) in [5.74, 6) is -3.05. The van der Waals surface area contributed by atoms with Gasteiger partial charge in [0.25, 0.3) is 0 Å². The number of aliphatic imine (C=N–C) groups is 1. The van der Waals surface area contributed by atoms with Crippen LogP contribution in [0.4, 0.5) is 19.3 Å². The Morgan fingerprint density at radius 2 is 1.80 bits per heavy atom. The zero-order chi connectivity index (χ0) is 21.3. The van der Waals surface area contributed by atoms with Crippen LogP contribution in [0, 0.1) is 11.6 Å². The zero-order valence-electron chi connectivity index (χ0n) is 15.3. The van der Waals surface area contributed by atoms with Crippen molar-refractivity contribution in [2.24, 2.45) is 4.99 Å². The summed E-state index contributed by atoms with van der Waals surface area (Å²) >= 11 is 0. The molecule has 11 heteroatoms. The molecule has 1 saturated carbocycles. The van der Waals surface area contributed by atoms with Crippen molar-refractivity contribution in [3.05, 3.63) is 70.9 Å². The molecule has 0 radical (unpaired) electrons. The van der Waals surface area contributed by atoms with Gasteiger partial charge in [-0.15, -0.1) is 0 Å². The molecule has 4 rings (SSSR count). The van der Waals surface area contributed by atoms with Crippen LogP contribution in [0.5, 0.6) is 5.75 Å². The number of anilines is 1. The number of halogens is 2. The molecule has 7 nitrogen and oxygen atoms in total. The molecular weight excluding hydrogens is 436 g/mol. The van der Waals surface area contributed by atoms with Crippen molar-refractivity contribution in [2.75, 3.05) is 5.32 Å². The molecule has 1 aliphatic heterocycles. The van der Waals surface area contributed by atoms with Gasteiger partial charge < -0.3 is 10.1 Å². The van der Waals surface area contributed by atoms with Crippen molar-refractivity contribution in [3.8, 4) is 5.75 Å². The van der Waals surface area contributed by atoms with Crippen LogP contribution in [0.3, 0.4) is 0 Å². The summed E-state index contributed by atoms with van der Waals surface area (Å²) in [6.07, 6.45) is 0.459. The van der Waals surface area contributed by atoms with E-state index < -0.39 is 42.2 Å². The highest BCUT2D eigenvalue weighted by atomic mass is 32.9. The molecular formula is C19H15F2N3O4S2. The fourth-order valence-electron chi connectivity index (χ4n) is 3.01. The first-order valence-electron chi connectivity index (χ1n) is 8.75. The van der Waals surface area contributed by atoms with Gasteiger partial charge in [-0.25, -0.2) is 18.6 Å². The van der Waals surface area contributed by atoms with Gasteiger partial charge >= 0.3 is 6.09 Å². The summed E-state index contributed by atoms with van der Waals surface area (Å²) in [6, 6.07) is 11.7. The third kappa shape index (κ3) is 4.26. The third-order valence-electron chi connectivity index (χ3n) is 4.56. The van der Waals surface area contributed by atoms with Crippen molar-refractivity contribution in [1.82, 2.24) is 5.32 Å². The van der Waals surface area contributed by atoms with Crippen molar-refractivity contribution in [2.45, 2.75) is 18.4 Å². The number of ether oxygens (including phenoxy) is 1. The molecule has 2 aliphatic rings. The van der Waals surface area contributed by atoms with Crippen LogP contribution >= 0.6 is 0 Å². The first-order chi connectivity index (χ1) is 14.4. The highest BCUT2D eigenvalue weighted by Crippen LogP contribution is 2.48. The Hall–Kier alpha value is -3.05. The van der Waals surface area contributed by atoms with E-state index in [1.165, 1.54) is 5.41 Å². The van der Waals surface area contributed by atoms with Crippen LogP contribution in [0.25, 0.3) is 0 Å². The highest BCUT2D eigenvalue weighted by molar-refractivity contribution is 8.42. The highest BCUT2D eigenvalue weighted by Gasteiger charge is 2.44. The van der Waals surface area contributed by atoms with Gasteiger partial charge in [0.15, 0.2) is 11.6 Å². The van der Waals surface area contributed by atoms with Crippen LogP contribution in [-0.4, -0.2) is 20.1 Å². The van der Waals surface area contributed by atoms with E-state index in [4.69, 9.17) is 4.74 Å². The summed E-state index contributed by atoms with van der Waals surface area (Å²) in [5.41, 5.74) is 2.00. The Balaban J connectivity index is 1.47. The van der Waals surface area contributed by atoms with E-state index in [2.05, 4.69) is 15.6 Å². The molecule has 1 unspecified atom stereocenters. The molecule has 1 fully saturated rings. The van der Waals surface area contributed by atoms with E-state index in [1.54, 1.807) is 0 Å². The molecule has 0 spiro atoms. The molecule has 1 atom stereocenters. The van der Waals surface area contributed by atoms with E-state index in [-0.39, 0.29) is 17.0 Å². The minimum Gasteiger partial charge on any atom is -0.404 e. The number of amides is 1. The molecule has 2 aromatic carbocycles. The van der Waals surface area contributed by atoms with Crippen LogP contribution in [-0.2, 0) is 24.3 Å². The first-order valence-corrected chi connectivity index (χ1v) is 11.7.